The van der Waals surface area contributed by atoms with Gasteiger partial charge in [-0.05, 0) is 73.9 Å². The van der Waals surface area contributed by atoms with E-state index in [2.05, 4.69) is 24.5 Å². The fraction of sp³-hybridized carbons (Fsp3) is 0.478. The second kappa shape index (κ2) is 7.82. The highest BCUT2D eigenvalue weighted by Crippen LogP contribution is 2.38. The van der Waals surface area contributed by atoms with Gasteiger partial charge < -0.3 is 15.2 Å². The number of hydrogen-bond acceptors (Lipinski definition) is 2. The lowest BCUT2D eigenvalue weighted by atomic mass is 9.67. The number of carbonyl (C=O) groups is 2. The Hall–Kier alpha value is -2.56. The van der Waals surface area contributed by atoms with Crippen molar-refractivity contribution in [1.82, 2.24) is 15.2 Å². The number of aromatic nitrogens is 1. The predicted molar refractivity (Wildman–Crippen MR) is 109 cm³/mol. The molecule has 4 rings (SSSR count). The van der Waals surface area contributed by atoms with Gasteiger partial charge in [-0.3, -0.25) is 9.59 Å². The van der Waals surface area contributed by atoms with Crippen molar-refractivity contribution in [2.24, 2.45) is 17.8 Å². The minimum Gasteiger partial charge on any atom is -0.353 e. The minimum absolute atomic E-state index is 0.0378. The first-order valence-corrected chi connectivity index (χ1v) is 10.4. The summed E-state index contributed by atoms with van der Waals surface area (Å²) in [5.41, 5.74) is 1.71. The van der Waals surface area contributed by atoms with Gasteiger partial charge in [0.25, 0.3) is 5.91 Å². The topological polar surface area (TPSA) is 63.1 Å². The summed E-state index contributed by atoms with van der Waals surface area (Å²) in [4.78, 5) is 25.1. The third kappa shape index (κ3) is 3.58. The molecule has 5 unspecified atom stereocenters. The quantitative estimate of drug-likeness (QED) is 0.853. The number of carbonyl (C=O) groups excluding carboxylic acids is 2. The van der Waals surface area contributed by atoms with E-state index in [0.29, 0.717) is 17.4 Å². The Morgan fingerprint density at radius 3 is 2.57 bits per heavy atom. The van der Waals surface area contributed by atoms with Crippen LogP contribution in [0.5, 0.6) is 0 Å². The van der Waals surface area contributed by atoms with Gasteiger partial charge in [-0.2, -0.15) is 0 Å². The molecular weight excluding hydrogens is 350 g/mol. The SMILES string of the molecule is CCC1C(=O)NC2CC(NC(=O)c3ccc(-n4cccc4)cc3)CCC2C1C. The lowest BCUT2D eigenvalue weighted by Gasteiger charge is -2.46. The van der Waals surface area contributed by atoms with E-state index >= 15 is 0 Å². The van der Waals surface area contributed by atoms with Gasteiger partial charge in [0.15, 0.2) is 0 Å². The van der Waals surface area contributed by atoms with Crippen molar-refractivity contribution in [3.63, 3.8) is 0 Å². The highest BCUT2D eigenvalue weighted by Gasteiger charge is 2.43. The lowest BCUT2D eigenvalue weighted by molar-refractivity contribution is -0.133. The van der Waals surface area contributed by atoms with Crippen molar-refractivity contribution in [1.29, 1.82) is 0 Å². The Morgan fingerprint density at radius 2 is 1.89 bits per heavy atom. The van der Waals surface area contributed by atoms with Gasteiger partial charge in [-0.15, -0.1) is 0 Å². The Labute approximate surface area is 166 Å². The maximum atomic E-state index is 12.7. The molecule has 1 aliphatic carbocycles. The Kier molecular flexibility index (Phi) is 5.25. The molecule has 0 bridgehead atoms. The van der Waals surface area contributed by atoms with Crippen LogP contribution in [-0.4, -0.2) is 28.5 Å². The predicted octanol–water partition coefficient (Wildman–Crippen LogP) is 3.54. The van der Waals surface area contributed by atoms with Crippen LogP contribution in [-0.2, 0) is 4.79 Å². The molecule has 2 fully saturated rings. The van der Waals surface area contributed by atoms with E-state index in [1.807, 2.05) is 53.4 Å². The van der Waals surface area contributed by atoms with Gasteiger partial charge in [0, 0.05) is 41.6 Å². The van der Waals surface area contributed by atoms with Crippen molar-refractivity contribution in [2.75, 3.05) is 0 Å². The molecule has 28 heavy (non-hydrogen) atoms. The van der Waals surface area contributed by atoms with E-state index in [9.17, 15) is 9.59 Å². The van der Waals surface area contributed by atoms with Gasteiger partial charge in [0.1, 0.15) is 0 Å². The van der Waals surface area contributed by atoms with Crippen LogP contribution in [0.25, 0.3) is 5.69 Å². The van der Waals surface area contributed by atoms with Crippen LogP contribution < -0.4 is 10.6 Å². The van der Waals surface area contributed by atoms with Crippen molar-refractivity contribution >= 4 is 11.8 Å². The van der Waals surface area contributed by atoms with Crippen LogP contribution in [0.15, 0.2) is 48.8 Å². The molecule has 5 atom stereocenters. The first-order valence-electron chi connectivity index (χ1n) is 10.4. The summed E-state index contributed by atoms with van der Waals surface area (Å²) in [7, 11) is 0. The van der Waals surface area contributed by atoms with Gasteiger partial charge in [-0.25, -0.2) is 0 Å². The Morgan fingerprint density at radius 1 is 1.18 bits per heavy atom. The maximum absolute atomic E-state index is 12.7. The monoisotopic (exact) mass is 379 g/mol. The van der Waals surface area contributed by atoms with Crippen LogP contribution in [0.1, 0.15) is 49.9 Å². The molecular formula is C23H29N3O2. The average Bonchev–Trinajstić information content (AvgIpc) is 3.23. The second-order valence-electron chi connectivity index (χ2n) is 8.27. The van der Waals surface area contributed by atoms with Gasteiger partial charge >= 0.3 is 0 Å². The fourth-order valence-electron chi connectivity index (χ4n) is 5.06. The first-order chi connectivity index (χ1) is 13.6. The smallest absolute Gasteiger partial charge is 0.251 e. The molecule has 5 nitrogen and oxygen atoms in total. The number of nitrogens with one attached hydrogen (secondary N) is 2. The molecule has 148 valence electrons. The van der Waals surface area contributed by atoms with Crippen LogP contribution >= 0.6 is 0 Å². The Balaban J connectivity index is 1.37. The van der Waals surface area contributed by atoms with Gasteiger partial charge in [-0.1, -0.05) is 13.8 Å². The molecule has 2 aromatic rings. The fourth-order valence-corrected chi connectivity index (χ4v) is 5.06. The summed E-state index contributed by atoms with van der Waals surface area (Å²) >= 11 is 0. The summed E-state index contributed by atoms with van der Waals surface area (Å²) in [5, 5.41) is 6.40. The number of benzene rings is 1. The van der Waals surface area contributed by atoms with E-state index in [0.717, 1.165) is 31.4 Å². The normalized spacial score (nSPS) is 29.6. The molecule has 0 radical (unpaired) electrons. The summed E-state index contributed by atoms with van der Waals surface area (Å²) in [5.74, 6) is 1.22. The number of hydrogen-bond donors (Lipinski definition) is 2. The molecule has 5 heteroatoms. The van der Waals surface area contributed by atoms with Crippen molar-refractivity contribution in [3.8, 4) is 5.69 Å². The van der Waals surface area contributed by atoms with Crippen LogP contribution in [0.2, 0.25) is 0 Å². The molecule has 2 aliphatic rings. The van der Waals surface area contributed by atoms with E-state index < -0.39 is 0 Å². The zero-order valence-corrected chi connectivity index (χ0v) is 16.6. The standard InChI is InChI=1S/C23H29N3O2/c1-3-19-15(2)20-11-8-17(14-21(20)25-23(19)28)24-22(27)16-6-9-18(10-7-16)26-12-4-5-13-26/h4-7,9-10,12-13,15,17,19-21H,3,8,11,14H2,1-2H3,(H,24,27)(H,25,28). The molecule has 1 aliphatic heterocycles. The number of fused-ring (bicyclic) bond motifs is 1. The van der Waals surface area contributed by atoms with Crippen molar-refractivity contribution < 1.29 is 9.59 Å². The third-order valence-electron chi connectivity index (χ3n) is 6.69. The van der Waals surface area contributed by atoms with E-state index in [-0.39, 0.29) is 29.8 Å². The summed E-state index contributed by atoms with van der Waals surface area (Å²) in [6.45, 7) is 4.31. The molecule has 1 saturated carbocycles. The Bertz CT molecular complexity index is 828. The third-order valence-corrected chi connectivity index (χ3v) is 6.69. The minimum atomic E-state index is -0.0378. The van der Waals surface area contributed by atoms with E-state index in [1.165, 1.54) is 0 Å². The number of piperidine rings is 1. The van der Waals surface area contributed by atoms with E-state index in [4.69, 9.17) is 0 Å². The largest absolute Gasteiger partial charge is 0.353 e. The zero-order valence-electron chi connectivity index (χ0n) is 16.6. The number of amides is 2. The van der Waals surface area contributed by atoms with Crippen LogP contribution in [0.4, 0.5) is 0 Å². The summed E-state index contributed by atoms with van der Waals surface area (Å²) in [6.07, 6.45) is 7.72. The highest BCUT2D eigenvalue weighted by atomic mass is 16.2. The number of nitrogens with zero attached hydrogens (tertiary/aromatic N) is 1. The average molecular weight is 380 g/mol. The molecule has 2 heterocycles. The molecule has 0 spiro atoms. The van der Waals surface area contributed by atoms with Crippen molar-refractivity contribution in [2.45, 2.75) is 51.6 Å². The second-order valence-corrected chi connectivity index (χ2v) is 8.27. The maximum Gasteiger partial charge on any atom is 0.251 e. The number of rotatable bonds is 4. The summed E-state index contributed by atoms with van der Waals surface area (Å²) < 4.78 is 2.01. The van der Waals surface area contributed by atoms with Gasteiger partial charge in [0.2, 0.25) is 5.91 Å². The molecule has 1 aromatic heterocycles. The van der Waals surface area contributed by atoms with Crippen LogP contribution in [0, 0.1) is 17.8 Å². The lowest BCUT2D eigenvalue weighted by Crippen LogP contribution is -2.58. The highest BCUT2D eigenvalue weighted by molar-refractivity contribution is 5.94. The van der Waals surface area contributed by atoms with Gasteiger partial charge in [0.05, 0.1) is 0 Å². The van der Waals surface area contributed by atoms with Crippen molar-refractivity contribution in [3.05, 3.63) is 54.4 Å². The molecule has 2 N–H and O–H groups in total. The summed E-state index contributed by atoms with van der Waals surface area (Å²) in [6, 6.07) is 11.9. The zero-order chi connectivity index (χ0) is 19.7. The molecule has 2 amide bonds. The molecule has 1 aromatic carbocycles. The molecule has 1 saturated heterocycles. The first kappa shape index (κ1) is 18.8. The van der Waals surface area contributed by atoms with Crippen LogP contribution in [0.3, 0.4) is 0 Å². The van der Waals surface area contributed by atoms with E-state index in [1.54, 1.807) is 0 Å².